The standard InChI is InChI=1S/C24H16Cl2O7/c1-11(27)31-20-9-18-13(8-17(20)25)7-16-19(33-18)10-21(32-12(2)28)23(26)22(16)14-5-3-4-6-15(14)24(29)30/h3-6,8-10H,7H2,1-2H3,(H,29,30). The molecule has 9 heteroatoms. The van der Waals surface area contributed by atoms with Gasteiger partial charge in [-0.1, -0.05) is 41.4 Å². The van der Waals surface area contributed by atoms with Gasteiger partial charge in [-0.05, 0) is 17.7 Å². The molecule has 1 heterocycles. The number of rotatable bonds is 4. The average molecular weight is 487 g/mol. The summed E-state index contributed by atoms with van der Waals surface area (Å²) in [7, 11) is 0. The third-order valence-corrected chi connectivity index (χ3v) is 5.60. The van der Waals surface area contributed by atoms with Gasteiger partial charge < -0.3 is 19.3 Å². The number of aromatic carboxylic acids is 1. The van der Waals surface area contributed by atoms with Crippen LogP contribution in [0.2, 0.25) is 10.0 Å². The Labute approximate surface area is 198 Å². The largest absolute Gasteiger partial charge is 0.478 e. The van der Waals surface area contributed by atoms with Crippen molar-refractivity contribution in [3.05, 3.63) is 69.2 Å². The Morgan fingerprint density at radius 2 is 1.58 bits per heavy atom. The average Bonchev–Trinajstić information content (AvgIpc) is 2.73. The van der Waals surface area contributed by atoms with Crippen LogP contribution in [-0.4, -0.2) is 23.0 Å². The minimum absolute atomic E-state index is 0.0237. The lowest BCUT2D eigenvalue weighted by atomic mass is 9.89. The van der Waals surface area contributed by atoms with Gasteiger partial charge in [-0.2, -0.15) is 0 Å². The number of carboxylic acids is 1. The van der Waals surface area contributed by atoms with E-state index in [4.69, 9.17) is 37.4 Å². The third-order valence-electron chi connectivity index (χ3n) is 4.93. The van der Waals surface area contributed by atoms with Crippen LogP contribution in [0.1, 0.15) is 35.3 Å². The highest BCUT2D eigenvalue weighted by Crippen LogP contribution is 2.50. The number of carboxylic acid groups (broad SMARTS) is 1. The zero-order valence-corrected chi connectivity index (χ0v) is 18.9. The Morgan fingerprint density at radius 3 is 2.24 bits per heavy atom. The zero-order chi connectivity index (χ0) is 23.9. The first-order valence-electron chi connectivity index (χ1n) is 9.71. The molecule has 1 aliphatic rings. The van der Waals surface area contributed by atoms with Crippen molar-refractivity contribution in [2.75, 3.05) is 0 Å². The van der Waals surface area contributed by atoms with Crippen LogP contribution in [0, 0.1) is 0 Å². The highest BCUT2D eigenvalue weighted by Gasteiger charge is 2.29. The van der Waals surface area contributed by atoms with Gasteiger partial charge in [-0.15, -0.1) is 0 Å². The van der Waals surface area contributed by atoms with Crippen LogP contribution in [0.25, 0.3) is 11.1 Å². The van der Waals surface area contributed by atoms with Gasteiger partial charge in [0.1, 0.15) is 11.5 Å². The fraction of sp³-hybridized carbons (Fsp3) is 0.125. The number of esters is 2. The number of hydrogen-bond donors (Lipinski definition) is 1. The first-order valence-corrected chi connectivity index (χ1v) is 10.5. The number of fused-ring (bicyclic) bond motifs is 2. The number of hydrogen-bond acceptors (Lipinski definition) is 6. The molecule has 0 radical (unpaired) electrons. The number of carbonyl (C=O) groups is 3. The van der Waals surface area contributed by atoms with Crippen molar-refractivity contribution in [1.82, 2.24) is 0 Å². The first-order chi connectivity index (χ1) is 15.7. The summed E-state index contributed by atoms with van der Waals surface area (Å²) < 4.78 is 16.4. The Bertz CT molecular complexity index is 1330. The van der Waals surface area contributed by atoms with E-state index < -0.39 is 17.9 Å². The van der Waals surface area contributed by atoms with E-state index in [1.54, 1.807) is 24.3 Å². The molecule has 0 aromatic heterocycles. The minimum Gasteiger partial charge on any atom is -0.478 e. The Morgan fingerprint density at radius 1 is 0.939 bits per heavy atom. The van der Waals surface area contributed by atoms with Crippen LogP contribution < -0.4 is 14.2 Å². The van der Waals surface area contributed by atoms with Gasteiger partial charge in [0.25, 0.3) is 0 Å². The normalized spacial score (nSPS) is 11.6. The van der Waals surface area contributed by atoms with Gasteiger partial charge in [-0.25, -0.2) is 4.79 Å². The van der Waals surface area contributed by atoms with E-state index in [2.05, 4.69) is 0 Å². The molecule has 3 aromatic rings. The van der Waals surface area contributed by atoms with Crippen LogP contribution >= 0.6 is 23.2 Å². The van der Waals surface area contributed by atoms with Crippen molar-refractivity contribution in [2.45, 2.75) is 20.3 Å². The molecule has 0 unspecified atom stereocenters. The fourth-order valence-electron chi connectivity index (χ4n) is 3.66. The lowest BCUT2D eigenvalue weighted by Gasteiger charge is -2.26. The maximum atomic E-state index is 11.9. The molecular formula is C24H16Cl2O7. The van der Waals surface area contributed by atoms with E-state index in [0.29, 0.717) is 33.8 Å². The lowest BCUT2D eigenvalue weighted by Crippen LogP contribution is -2.10. The van der Waals surface area contributed by atoms with Gasteiger partial charge in [0, 0.05) is 49.1 Å². The van der Waals surface area contributed by atoms with E-state index in [1.807, 2.05) is 0 Å². The molecule has 1 aliphatic heterocycles. The number of carbonyl (C=O) groups excluding carboxylic acids is 2. The van der Waals surface area contributed by atoms with Crippen molar-refractivity contribution in [2.24, 2.45) is 0 Å². The zero-order valence-electron chi connectivity index (χ0n) is 17.4. The van der Waals surface area contributed by atoms with Crippen molar-refractivity contribution in [3.8, 4) is 34.1 Å². The van der Waals surface area contributed by atoms with E-state index in [0.717, 1.165) is 0 Å². The molecule has 1 N–H and O–H groups in total. The molecule has 0 aliphatic carbocycles. The quantitative estimate of drug-likeness (QED) is 0.282. The third kappa shape index (κ3) is 4.37. The minimum atomic E-state index is -1.14. The van der Waals surface area contributed by atoms with Crippen molar-refractivity contribution < 1.29 is 33.7 Å². The van der Waals surface area contributed by atoms with E-state index in [-0.39, 0.29) is 33.5 Å². The second kappa shape index (κ2) is 8.77. The molecule has 33 heavy (non-hydrogen) atoms. The van der Waals surface area contributed by atoms with Gasteiger partial charge in [0.2, 0.25) is 0 Å². The van der Waals surface area contributed by atoms with Crippen LogP contribution in [0.4, 0.5) is 0 Å². The van der Waals surface area contributed by atoms with Gasteiger partial charge in [-0.3, -0.25) is 9.59 Å². The lowest BCUT2D eigenvalue weighted by molar-refractivity contribution is -0.132. The van der Waals surface area contributed by atoms with Gasteiger partial charge in [0.15, 0.2) is 11.5 Å². The molecule has 3 aromatic carbocycles. The highest BCUT2D eigenvalue weighted by atomic mass is 35.5. The molecule has 0 spiro atoms. The Balaban J connectivity index is 1.94. The van der Waals surface area contributed by atoms with Crippen LogP contribution in [0.15, 0.2) is 42.5 Å². The first kappa shape index (κ1) is 22.6. The summed E-state index contributed by atoms with van der Waals surface area (Å²) in [5, 5.41) is 10.0. The maximum Gasteiger partial charge on any atom is 0.336 e. The predicted molar refractivity (Wildman–Crippen MR) is 121 cm³/mol. The summed E-state index contributed by atoms with van der Waals surface area (Å²) in [6, 6.07) is 10.9. The summed E-state index contributed by atoms with van der Waals surface area (Å²) in [4.78, 5) is 34.9. The van der Waals surface area contributed by atoms with Gasteiger partial charge >= 0.3 is 17.9 Å². The number of halogens is 2. The summed E-state index contributed by atoms with van der Waals surface area (Å²) in [6.45, 7) is 2.48. The molecule has 168 valence electrons. The summed E-state index contributed by atoms with van der Waals surface area (Å²) in [6.07, 6.45) is 0.286. The smallest absolute Gasteiger partial charge is 0.336 e. The van der Waals surface area contributed by atoms with Crippen molar-refractivity contribution in [1.29, 1.82) is 0 Å². The van der Waals surface area contributed by atoms with E-state index in [1.165, 1.54) is 32.0 Å². The molecule has 0 atom stereocenters. The summed E-state index contributed by atoms with van der Waals surface area (Å²) >= 11 is 12.9. The monoisotopic (exact) mass is 486 g/mol. The molecular weight excluding hydrogens is 471 g/mol. The van der Waals surface area contributed by atoms with E-state index >= 15 is 0 Å². The molecule has 4 rings (SSSR count). The fourth-order valence-corrected chi connectivity index (χ4v) is 4.20. The van der Waals surface area contributed by atoms with E-state index in [9.17, 15) is 19.5 Å². The maximum absolute atomic E-state index is 11.9. The molecule has 0 saturated carbocycles. The van der Waals surface area contributed by atoms with Crippen LogP contribution in [0.5, 0.6) is 23.0 Å². The molecule has 0 saturated heterocycles. The Hall–Kier alpha value is -3.55. The summed E-state index contributed by atoms with van der Waals surface area (Å²) in [5.74, 6) is -1.42. The number of benzene rings is 3. The molecule has 0 bridgehead atoms. The molecule has 0 fully saturated rings. The van der Waals surface area contributed by atoms with Crippen LogP contribution in [0.3, 0.4) is 0 Å². The van der Waals surface area contributed by atoms with Crippen molar-refractivity contribution in [3.63, 3.8) is 0 Å². The SMILES string of the molecule is CC(=O)Oc1cc2c(cc1Cl)Cc1c(cc(OC(C)=O)c(Cl)c1-c1ccccc1C(=O)O)O2. The van der Waals surface area contributed by atoms with Crippen LogP contribution in [-0.2, 0) is 16.0 Å². The molecule has 0 amide bonds. The highest BCUT2D eigenvalue weighted by molar-refractivity contribution is 6.35. The topological polar surface area (TPSA) is 99.1 Å². The predicted octanol–water partition coefficient (Wildman–Crippen LogP) is 5.91. The van der Waals surface area contributed by atoms with Crippen molar-refractivity contribution >= 4 is 41.1 Å². The Kier molecular flexibility index (Phi) is 6.01. The summed E-state index contributed by atoms with van der Waals surface area (Å²) in [5.41, 5.74) is 2.00. The number of ether oxygens (including phenoxy) is 3. The molecule has 7 nitrogen and oxygen atoms in total. The second-order valence-corrected chi connectivity index (χ2v) is 8.03. The van der Waals surface area contributed by atoms with Gasteiger partial charge in [0.05, 0.1) is 15.6 Å². The second-order valence-electron chi connectivity index (χ2n) is 7.25.